The number of amides is 1. The summed E-state index contributed by atoms with van der Waals surface area (Å²) < 4.78 is 63.8. The van der Waals surface area contributed by atoms with Crippen LogP contribution in [0, 0.1) is 10.1 Å². The van der Waals surface area contributed by atoms with Crippen LogP contribution in [0.2, 0.25) is 5.02 Å². The third kappa shape index (κ3) is 6.40. The molecule has 2 aromatic carbocycles. The normalized spacial score (nSPS) is 12.4. The second-order valence-electron chi connectivity index (χ2n) is 6.47. The number of hydrogen-bond acceptors (Lipinski definition) is 6. The van der Waals surface area contributed by atoms with Crippen molar-refractivity contribution in [2.45, 2.75) is 13.1 Å². The maximum absolute atomic E-state index is 13.0. The smallest absolute Gasteiger partial charge is 0.271 e. The lowest BCUT2D eigenvalue weighted by Crippen LogP contribution is -2.39. The van der Waals surface area contributed by atoms with Crippen molar-refractivity contribution in [1.82, 2.24) is 5.43 Å². The van der Waals surface area contributed by atoms with Crippen LogP contribution in [0.4, 0.5) is 24.5 Å². The number of carbonyl (C=O) groups is 1. The molecule has 0 radical (unpaired) electrons. The molecule has 0 spiro atoms. The van der Waals surface area contributed by atoms with Crippen LogP contribution in [0.25, 0.3) is 0 Å². The van der Waals surface area contributed by atoms with Gasteiger partial charge < -0.3 is 0 Å². The number of alkyl halides is 3. The summed E-state index contributed by atoms with van der Waals surface area (Å²) in [5.74, 6) is -0.978. The molecule has 0 bridgehead atoms. The Balaban J connectivity index is 2.28. The Labute approximate surface area is 185 Å². The molecule has 0 fully saturated rings. The molecule has 0 aliphatic heterocycles. The molecule has 0 unspecified atom stereocenters. The van der Waals surface area contributed by atoms with Crippen LogP contribution in [0.15, 0.2) is 47.6 Å². The molecule has 0 atom stereocenters. The monoisotopic (exact) mass is 492 g/mol. The van der Waals surface area contributed by atoms with E-state index >= 15 is 0 Å². The zero-order chi connectivity index (χ0) is 24.3. The average Bonchev–Trinajstić information content (AvgIpc) is 2.69. The molecule has 14 heteroatoms. The van der Waals surface area contributed by atoms with Crippen molar-refractivity contribution in [3.63, 3.8) is 0 Å². The Hall–Kier alpha value is -3.19. The number of nitrogens with zero attached hydrogens (tertiary/aromatic N) is 3. The highest BCUT2D eigenvalue weighted by atomic mass is 35.5. The van der Waals surface area contributed by atoms with Crippen LogP contribution in [0.1, 0.15) is 18.1 Å². The molecule has 0 heterocycles. The Kier molecular flexibility index (Phi) is 7.46. The zero-order valence-electron chi connectivity index (χ0n) is 16.6. The predicted octanol–water partition coefficient (Wildman–Crippen LogP) is 3.57. The SMILES string of the molecule is C/C(=N\NC(=O)CN(c1cc(C(F)(F)F)ccc1Cl)S(C)(=O)=O)c1cccc([N+](=O)[O-])c1. The van der Waals surface area contributed by atoms with Crippen molar-refractivity contribution in [2.24, 2.45) is 5.10 Å². The lowest BCUT2D eigenvalue weighted by Gasteiger charge is -2.23. The van der Waals surface area contributed by atoms with Crippen molar-refractivity contribution in [3.8, 4) is 0 Å². The first kappa shape index (κ1) is 25.1. The van der Waals surface area contributed by atoms with E-state index in [1.165, 1.54) is 31.2 Å². The summed E-state index contributed by atoms with van der Waals surface area (Å²) in [6.45, 7) is 0.531. The van der Waals surface area contributed by atoms with E-state index in [1.54, 1.807) is 0 Å². The second kappa shape index (κ2) is 9.53. The molecule has 0 saturated carbocycles. The fourth-order valence-corrected chi connectivity index (χ4v) is 3.61. The first-order valence-corrected chi connectivity index (χ1v) is 10.8. The molecule has 2 aromatic rings. The molecular weight excluding hydrogens is 477 g/mol. The molecule has 0 aliphatic carbocycles. The molecule has 0 saturated heterocycles. The number of benzene rings is 2. The number of anilines is 1. The fraction of sp³-hybridized carbons (Fsp3) is 0.222. The van der Waals surface area contributed by atoms with Gasteiger partial charge in [0, 0.05) is 17.7 Å². The Bertz CT molecular complexity index is 1190. The average molecular weight is 493 g/mol. The lowest BCUT2D eigenvalue weighted by atomic mass is 10.1. The van der Waals surface area contributed by atoms with Gasteiger partial charge in [-0.15, -0.1) is 0 Å². The highest BCUT2D eigenvalue weighted by Gasteiger charge is 2.33. The van der Waals surface area contributed by atoms with Crippen molar-refractivity contribution in [3.05, 3.63) is 68.7 Å². The summed E-state index contributed by atoms with van der Waals surface area (Å²) in [6.07, 6.45) is -4.06. The van der Waals surface area contributed by atoms with Gasteiger partial charge in [-0.05, 0) is 25.1 Å². The van der Waals surface area contributed by atoms with Gasteiger partial charge in [0.1, 0.15) is 6.54 Å². The van der Waals surface area contributed by atoms with Gasteiger partial charge >= 0.3 is 6.18 Å². The van der Waals surface area contributed by atoms with Crippen molar-refractivity contribution in [1.29, 1.82) is 0 Å². The number of sulfonamides is 1. The van der Waals surface area contributed by atoms with E-state index in [-0.39, 0.29) is 16.4 Å². The summed E-state index contributed by atoms with van der Waals surface area (Å²) in [7, 11) is -4.21. The number of nitrogens with one attached hydrogen (secondary N) is 1. The van der Waals surface area contributed by atoms with Crippen molar-refractivity contribution < 1.29 is 31.3 Å². The number of carbonyl (C=O) groups excluding carboxylic acids is 1. The number of nitro groups is 1. The standard InChI is InChI=1S/C18H16ClF3N4O5S/c1-11(12-4-3-5-14(8-12)26(28)29)23-24-17(27)10-25(32(2,30)31)16-9-13(18(20,21)22)6-7-15(16)19/h3-9H,10H2,1-2H3,(H,24,27)/b23-11+. The molecule has 32 heavy (non-hydrogen) atoms. The molecule has 0 aromatic heterocycles. The summed E-state index contributed by atoms with van der Waals surface area (Å²) in [6, 6.07) is 7.47. The molecule has 172 valence electrons. The van der Waals surface area contributed by atoms with Crippen LogP contribution in [0.3, 0.4) is 0 Å². The van der Waals surface area contributed by atoms with Crippen molar-refractivity contribution in [2.75, 3.05) is 17.1 Å². The van der Waals surface area contributed by atoms with Gasteiger partial charge in [0.25, 0.3) is 11.6 Å². The lowest BCUT2D eigenvalue weighted by molar-refractivity contribution is -0.384. The highest BCUT2D eigenvalue weighted by Crippen LogP contribution is 2.36. The Morgan fingerprint density at radius 2 is 1.91 bits per heavy atom. The number of rotatable bonds is 7. The first-order valence-electron chi connectivity index (χ1n) is 8.62. The Morgan fingerprint density at radius 1 is 1.25 bits per heavy atom. The summed E-state index contributed by atoms with van der Waals surface area (Å²) in [4.78, 5) is 22.5. The van der Waals surface area contributed by atoms with Crippen LogP contribution in [-0.4, -0.2) is 37.8 Å². The van der Waals surface area contributed by atoms with Crippen molar-refractivity contribution >= 4 is 44.6 Å². The topological polar surface area (TPSA) is 122 Å². The van der Waals surface area contributed by atoms with Crippen LogP contribution < -0.4 is 9.73 Å². The van der Waals surface area contributed by atoms with E-state index in [0.29, 0.717) is 28.3 Å². The van der Waals surface area contributed by atoms with E-state index < -0.39 is 44.8 Å². The number of non-ortho nitro benzene ring substituents is 1. The van der Waals surface area contributed by atoms with Gasteiger partial charge in [-0.25, -0.2) is 13.8 Å². The zero-order valence-corrected chi connectivity index (χ0v) is 18.1. The van der Waals surface area contributed by atoms with Gasteiger partial charge in [0.05, 0.1) is 33.2 Å². The minimum absolute atomic E-state index is 0.171. The van der Waals surface area contributed by atoms with E-state index in [0.717, 1.165) is 6.07 Å². The number of halogens is 4. The second-order valence-corrected chi connectivity index (χ2v) is 8.79. The number of nitro benzene ring substituents is 1. The fourth-order valence-electron chi connectivity index (χ4n) is 2.48. The first-order chi connectivity index (χ1) is 14.7. The summed E-state index contributed by atoms with van der Waals surface area (Å²) in [5, 5.41) is 14.3. The van der Waals surface area contributed by atoms with Gasteiger partial charge in [0.15, 0.2) is 0 Å². The highest BCUT2D eigenvalue weighted by molar-refractivity contribution is 7.92. The third-order valence-electron chi connectivity index (χ3n) is 4.05. The summed E-state index contributed by atoms with van der Waals surface area (Å²) >= 11 is 5.89. The van der Waals surface area contributed by atoms with E-state index in [9.17, 15) is 36.5 Å². The van der Waals surface area contributed by atoms with E-state index in [2.05, 4.69) is 10.5 Å². The maximum Gasteiger partial charge on any atom is 0.416 e. The largest absolute Gasteiger partial charge is 0.416 e. The number of hydrogen-bond donors (Lipinski definition) is 1. The quantitative estimate of drug-likeness (QED) is 0.359. The third-order valence-corrected chi connectivity index (χ3v) is 5.50. The molecule has 9 nitrogen and oxygen atoms in total. The molecular formula is C18H16ClF3N4O5S. The van der Waals surface area contributed by atoms with Gasteiger partial charge in [-0.1, -0.05) is 23.7 Å². The predicted molar refractivity (Wildman–Crippen MR) is 112 cm³/mol. The Morgan fingerprint density at radius 3 is 2.47 bits per heavy atom. The minimum atomic E-state index is -4.76. The van der Waals surface area contributed by atoms with Gasteiger partial charge in [-0.2, -0.15) is 18.3 Å². The van der Waals surface area contributed by atoms with Crippen LogP contribution >= 0.6 is 11.6 Å². The molecule has 0 aliphatic rings. The molecule has 2 rings (SSSR count). The molecule has 1 amide bonds. The summed E-state index contributed by atoms with van der Waals surface area (Å²) in [5.41, 5.74) is 0.685. The maximum atomic E-state index is 13.0. The van der Waals surface area contributed by atoms with Crippen LogP contribution in [0.5, 0.6) is 0 Å². The van der Waals surface area contributed by atoms with Gasteiger partial charge in [0.2, 0.25) is 10.0 Å². The van der Waals surface area contributed by atoms with Gasteiger partial charge in [-0.3, -0.25) is 19.2 Å². The van der Waals surface area contributed by atoms with Crippen LogP contribution in [-0.2, 0) is 21.0 Å². The molecule has 1 N–H and O–H groups in total. The van der Waals surface area contributed by atoms with E-state index in [4.69, 9.17) is 11.6 Å². The van der Waals surface area contributed by atoms with E-state index in [1.807, 2.05) is 0 Å². The number of hydrazone groups is 1. The minimum Gasteiger partial charge on any atom is -0.271 e.